The third-order valence-corrected chi connectivity index (χ3v) is 6.00. The molecule has 0 spiro atoms. The SMILES string of the molecule is C=C(OC(=O)c1ccccc1)[C@@H](OC(=O)c1ccccc1)[C@@H](COC(=O)c1ccccc1)OCOC(=O)c1ccccc1. The van der Waals surface area contributed by atoms with Gasteiger partial charge in [0, 0.05) is 0 Å². The molecule has 0 fully saturated rings. The van der Waals surface area contributed by atoms with Crippen molar-refractivity contribution >= 4 is 23.9 Å². The molecule has 9 nitrogen and oxygen atoms in total. The first kappa shape index (κ1) is 30.4. The van der Waals surface area contributed by atoms with Crippen molar-refractivity contribution < 1.29 is 42.9 Å². The average molecular weight is 581 g/mol. The zero-order valence-electron chi connectivity index (χ0n) is 23.0. The van der Waals surface area contributed by atoms with Gasteiger partial charge in [-0.25, -0.2) is 19.2 Å². The number of rotatable bonds is 13. The molecular weight excluding hydrogens is 552 g/mol. The molecule has 0 heterocycles. The summed E-state index contributed by atoms with van der Waals surface area (Å²) in [4.78, 5) is 51.1. The Hall–Kier alpha value is -5.54. The maximum atomic E-state index is 13.1. The largest absolute Gasteiger partial charge is 0.459 e. The molecule has 0 aliphatic heterocycles. The van der Waals surface area contributed by atoms with Gasteiger partial charge in [0.05, 0.1) is 22.3 Å². The van der Waals surface area contributed by atoms with Crippen LogP contribution in [0.5, 0.6) is 0 Å². The molecule has 0 N–H and O–H groups in total. The molecule has 0 radical (unpaired) electrons. The van der Waals surface area contributed by atoms with E-state index in [1.54, 1.807) is 109 Å². The van der Waals surface area contributed by atoms with Crippen LogP contribution in [0.1, 0.15) is 41.4 Å². The van der Waals surface area contributed by atoms with Crippen LogP contribution in [0.25, 0.3) is 0 Å². The van der Waals surface area contributed by atoms with Gasteiger partial charge in [0.2, 0.25) is 0 Å². The summed E-state index contributed by atoms with van der Waals surface area (Å²) in [5.41, 5.74) is 0.974. The Morgan fingerprint density at radius 1 is 0.535 bits per heavy atom. The summed E-state index contributed by atoms with van der Waals surface area (Å²) in [6, 6.07) is 32.7. The number of ether oxygens (including phenoxy) is 5. The molecule has 0 saturated carbocycles. The lowest BCUT2D eigenvalue weighted by Crippen LogP contribution is -2.40. The minimum absolute atomic E-state index is 0.199. The van der Waals surface area contributed by atoms with E-state index in [1.165, 1.54) is 12.1 Å². The average Bonchev–Trinajstić information content (AvgIpc) is 3.06. The first-order valence-electron chi connectivity index (χ1n) is 13.2. The lowest BCUT2D eigenvalue weighted by atomic mass is 10.1. The highest BCUT2D eigenvalue weighted by molar-refractivity contribution is 5.91. The van der Waals surface area contributed by atoms with Crippen molar-refractivity contribution in [3.8, 4) is 0 Å². The molecule has 0 bridgehead atoms. The van der Waals surface area contributed by atoms with Crippen LogP contribution in [0.4, 0.5) is 0 Å². The minimum Gasteiger partial charge on any atom is -0.459 e. The molecule has 0 aromatic heterocycles. The van der Waals surface area contributed by atoms with Gasteiger partial charge in [-0.3, -0.25) is 0 Å². The standard InChI is InChI=1S/C34H28O9/c1-24(42-33(37)27-18-10-4-11-19-27)30(43-34(38)28-20-12-5-13-21-28)29(22-39-31(35)25-14-6-2-7-15-25)40-23-41-32(36)26-16-8-3-9-17-26/h2-21,29-30H,1,22-23H2/t29-,30-/m1/s1. The van der Waals surface area contributed by atoms with E-state index in [9.17, 15) is 19.2 Å². The Balaban J connectivity index is 1.57. The molecule has 43 heavy (non-hydrogen) atoms. The van der Waals surface area contributed by atoms with Gasteiger partial charge in [-0.05, 0) is 48.5 Å². The summed E-state index contributed by atoms with van der Waals surface area (Å²) in [7, 11) is 0. The van der Waals surface area contributed by atoms with Gasteiger partial charge >= 0.3 is 23.9 Å². The number of hydrogen-bond donors (Lipinski definition) is 0. The number of hydrogen-bond acceptors (Lipinski definition) is 9. The summed E-state index contributed by atoms with van der Waals surface area (Å²) >= 11 is 0. The van der Waals surface area contributed by atoms with Crippen molar-refractivity contribution in [3.63, 3.8) is 0 Å². The van der Waals surface area contributed by atoms with Crippen LogP contribution >= 0.6 is 0 Å². The van der Waals surface area contributed by atoms with Crippen LogP contribution < -0.4 is 0 Å². The Morgan fingerprint density at radius 3 is 1.40 bits per heavy atom. The highest BCUT2D eigenvalue weighted by Gasteiger charge is 2.34. The van der Waals surface area contributed by atoms with E-state index in [0.717, 1.165) is 0 Å². The molecule has 4 aromatic rings. The summed E-state index contributed by atoms with van der Waals surface area (Å²) in [5.74, 6) is -3.20. The highest BCUT2D eigenvalue weighted by Crippen LogP contribution is 2.20. The zero-order valence-corrected chi connectivity index (χ0v) is 23.0. The monoisotopic (exact) mass is 580 g/mol. The van der Waals surface area contributed by atoms with Crippen LogP contribution in [0.3, 0.4) is 0 Å². The number of carbonyl (C=O) groups excluding carboxylic acids is 4. The number of benzene rings is 4. The second-order valence-electron chi connectivity index (χ2n) is 9.00. The van der Waals surface area contributed by atoms with E-state index < -0.39 is 49.5 Å². The second kappa shape index (κ2) is 15.5. The second-order valence-corrected chi connectivity index (χ2v) is 9.00. The molecule has 0 amide bonds. The Labute approximate surface area is 248 Å². The van der Waals surface area contributed by atoms with Crippen molar-refractivity contribution in [1.29, 1.82) is 0 Å². The van der Waals surface area contributed by atoms with Gasteiger partial charge in [-0.1, -0.05) is 79.4 Å². The number of esters is 4. The van der Waals surface area contributed by atoms with E-state index in [2.05, 4.69) is 6.58 Å². The first-order valence-corrected chi connectivity index (χ1v) is 13.2. The molecule has 4 rings (SSSR count). The van der Waals surface area contributed by atoms with Gasteiger partial charge in [0.15, 0.2) is 12.9 Å². The normalized spacial score (nSPS) is 11.8. The molecule has 218 valence electrons. The lowest BCUT2D eigenvalue weighted by molar-refractivity contribution is -0.123. The molecule has 0 saturated heterocycles. The molecule has 4 aromatic carbocycles. The fraction of sp³-hybridized carbons (Fsp3) is 0.118. The fourth-order valence-electron chi connectivity index (χ4n) is 3.79. The van der Waals surface area contributed by atoms with E-state index in [0.29, 0.717) is 0 Å². The maximum Gasteiger partial charge on any atom is 0.343 e. The summed E-state index contributed by atoms with van der Waals surface area (Å²) in [5, 5.41) is 0. The van der Waals surface area contributed by atoms with Crippen molar-refractivity contribution in [3.05, 3.63) is 156 Å². The zero-order chi connectivity index (χ0) is 30.4. The van der Waals surface area contributed by atoms with Gasteiger partial charge < -0.3 is 23.7 Å². The maximum absolute atomic E-state index is 13.1. The van der Waals surface area contributed by atoms with Crippen LogP contribution in [0, 0.1) is 0 Å². The molecule has 0 aliphatic rings. The van der Waals surface area contributed by atoms with Crippen LogP contribution in [-0.2, 0) is 23.7 Å². The van der Waals surface area contributed by atoms with Gasteiger partial charge in [-0.2, -0.15) is 0 Å². The molecule has 0 aliphatic carbocycles. The summed E-state index contributed by atoms with van der Waals surface area (Å²) in [6.45, 7) is 2.72. The quantitative estimate of drug-likeness (QED) is 0.0858. The number of carbonyl (C=O) groups is 4. The molecule has 2 atom stereocenters. The predicted octanol–water partition coefficient (Wildman–Crippen LogP) is 5.64. The van der Waals surface area contributed by atoms with E-state index in [1.807, 2.05) is 0 Å². The third-order valence-electron chi connectivity index (χ3n) is 6.00. The van der Waals surface area contributed by atoms with Crippen LogP contribution in [0.2, 0.25) is 0 Å². The van der Waals surface area contributed by atoms with Gasteiger partial charge in [0.1, 0.15) is 18.5 Å². The van der Waals surface area contributed by atoms with Crippen molar-refractivity contribution in [1.82, 2.24) is 0 Å². The Morgan fingerprint density at radius 2 is 0.930 bits per heavy atom. The van der Waals surface area contributed by atoms with E-state index in [-0.39, 0.29) is 28.0 Å². The molecule has 0 unspecified atom stereocenters. The summed E-state index contributed by atoms with van der Waals surface area (Å²) in [6.07, 6.45) is -2.78. The van der Waals surface area contributed by atoms with Crippen LogP contribution in [-0.4, -0.2) is 49.5 Å². The van der Waals surface area contributed by atoms with Gasteiger partial charge in [0.25, 0.3) is 0 Å². The van der Waals surface area contributed by atoms with E-state index in [4.69, 9.17) is 23.7 Å². The fourth-order valence-corrected chi connectivity index (χ4v) is 3.79. The van der Waals surface area contributed by atoms with Crippen molar-refractivity contribution in [2.24, 2.45) is 0 Å². The van der Waals surface area contributed by atoms with Crippen molar-refractivity contribution in [2.45, 2.75) is 12.2 Å². The lowest BCUT2D eigenvalue weighted by Gasteiger charge is -2.27. The predicted molar refractivity (Wildman–Crippen MR) is 155 cm³/mol. The van der Waals surface area contributed by atoms with Crippen molar-refractivity contribution in [2.75, 3.05) is 13.4 Å². The minimum atomic E-state index is -1.47. The first-order chi connectivity index (χ1) is 20.9. The van der Waals surface area contributed by atoms with E-state index >= 15 is 0 Å². The Kier molecular flexibility index (Phi) is 10.9. The molecule has 9 heteroatoms. The Bertz CT molecular complexity index is 1520. The van der Waals surface area contributed by atoms with Crippen LogP contribution in [0.15, 0.2) is 134 Å². The van der Waals surface area contributed by atoms with Gasteiger partial charge in [-0.15, -0.1) is 0 Å². The highest BCUT2D eigenvalue weighted by atomic mass is 16.7. The summed E-state index contributed by atoms with van der Waals surface area (Å²) < 4.78 is 27.7. The topological polar surface area (TPSA) is 114 Å². The molecular formula is C34H28O9. The smallest absolute Gasteiger partial charge is 0.343 e. The third kappa shape index (κ3) is 8.97.